The average Bonchev–Trinajstić information content (AvgIpc) is 2.75. The molecule has 0 saturated heterocycles. The minimum absolute atomic E-state index is 0.219. The van der Waals surface area contributed by atoms with Crippen LogP contribution < -0.4 is 10.1 Å². The minimum Gasteiger partial charge on any atom is -0.492 e. The van der Waals surface area contributed by atoms with Crippen LogP contribution in [0.5, 0.6) is 5.75 Å². The van der Waals surface area contributed by atoms with Crippen molar-refractivity contribution in [1.29, 1.82) is 0 Å². The number of carbonyl (C=O) groups excluding carboxylic acids is 1. The molecule has 0 aliphatic heterocycles. The number of thiocarbonyl (C=S) groups is 1. The number of rotatable bonds is 6. The Balaban J connectivity index is 1.57. The zero-order valence-electron chi connectivity index (χ0n) is 16.4. The van der Waals surface area contributed by atoms with Gasteiger partial charge in [-0.25, -0.2) is 0 Å². The second-order valence-corrected chi connectivity index (χ2v) is 7.63. The molecule has 148 valence electrons. The molecule has 0 unspecified atom stereocenters. The van der Waals surface area contributed by atoms with Crippen molar-refractivity contribution in [3.63, 3.8) is 0 Å². The third kappa shape index (κ3) is 5.55. The molecule has 0 atom stereocenters. The van der Waals surface area contributed by atoms with Crippen molar-refractivity contribution in [3.05, 3.63) is 65.7 Å². The lowest BCUT2D eigenvalue weighted by atomic mass is 9.95. The summed E-state index contributed by atoms with van der Waals surface area (Å²) in [4.78, 5) is 14.8. The van der Waals surface area contributed by atoms with E-state index in [-0.39, 0.29) is 5.91 Å². The first-order valence-corrected chi connectivity index (χ1v) is 10.4. The molecular weight excluding hydrogens is 368 g/mol. The number of hydrogen-bond donors (Lipinski definition) is 1. The zero-order valence-corrected chi connectivity index (χ0v) is 17.2. The van der Waals surface area contributed by atoms with Crippen molar-refractivity contribution < 1.29 is 9.53 Å². The summed E-state index contributed by atoms with van der Waals surface area (Å²) in [7, 11) is 1.97. The normalized spacial score (nSPS) is 14.3. The fraction of sp³-hybridized carbons (Fsp3) is 0.391. The van der Waals surface area contributed by atoms with E-state index in [0.29, 0.717) is 29.1 Å². The Labute approximate surface area is 172 Å². The van der Waals surface area contributed by atoms with Gasteiger partial charge in [-0.3, -0.25) is 10.1 Å². The molecule has 0 bridgehead atoms. The van der Waals surface area contributed by atoms with Crippen LogP contribution in [0.25, 0.3) is 0 Å². The van der Waals surface area contributed by atoms with Gasteiger partial charge in [-0.05, 0) is 42.8 Å². The van der Waals surface area contributed by atoms with Crippen LogP contribution in [0.1, 0.15) is 48.0 Å². The lowest BCUT2D eigenvalue weighted by Crippen LogP contribution is -2.46. The maximum atomic E-state index is 12.8. The van der Waals surface area contributed by atoms with E-state index < -0.39 is 0 Å². The maximum absolute atomic E-state index is 12.8. The van der Waals surface area contributed by atoms with E-state index in [2.05, 4.69) is 17.4 Å². The first-order chi connectivity index (χ1) is 13.6. The fourth-order valence-corrected chi connectivity index (χ4v) is 3.83. The van der Waals surface area contributed by atoms with E-state index in [1.807, 2.05) is 48.3 Å². The van der Waals surface area contributed by atoms with Gasteiger partial charge in [0.15, 0.2) is 5.11 Å². The summed E-state index contributed by atoms with van der Waals surface area (Å²) in [6, 6.07) is 17.9. The lowest BCUT2D eigenvalue weighted by Gasteiger charge is -2.32. The topological polar surface area (TPSA) is 41.6 Å². The van der Waals surface area contributed by atoms with Crippen molar-refractivity contribution in [3.8, 4) is 5.75 Å². The Morgan fingerprint density at radius 2 is 1.75 bits per heavy atom. The number of benzene rings is 2. The van der Waals surface area contributed by atoms with Crippen molar-refractivity contribution in [1.82, 2.24) is 10.2 Å². The molecular formula is C23H28N2O2S. The highest BCUT2D eigenvalue weighted by Gasteiger charge is 2.22. The SMILES string of the molecule is CN(C(=S)NC(=O)c1ccccc1OCCc1ccccc1)C1CCCCC1. The Bertz CT molecular complexity index is 788. The van der Waals surface area contributed by atoms with Gasteiger partial charge in [0, 0.05) is 19.5 Å². The Kier molecular flexibility index (Phi) is 7.43. The van der Waals surface area contributed by atoms with Crippen molar-refractivity contribution in [2.24, 2.45) is 0 Å². The molecule has 4 nitrogen and oxygen atoms in total. The Morgan fingerprint density at radius 1 is 1.07 bits per heavy atom. The summed E-state index contributed by atoms with van der Waals surface area (Å²) >= 11 is 5.48. The highest BCUT2D eigenvalue weighted by atomic mass is 32.1. The monoisotopic (exact) mass is 396 g/mol. The lowest BCUT2D eigenvalue weighted by molar-refractivity contribution is 0.0968. The quantitative estimate of drug-likeness (QED) is 0.726. The third-order valence-electron chi connectivity index (χ3n) is 5.29. The molecule has 1 fully saturated rings. The Hall–Kier alpha value is -2.40. The van der Waals surface area contributed by atoms with E-state index in [4.69, 9.17) is 17.0 Å². The van der Waals surface area contributed by atoms with Crippen LogP contribution in [0.4, 0.5) is 0 Å². The molecule has 0 aromatic heterocycles. The number of amides is 1. The third-order valence-corrected chi connectivity index (χ3v) is 5.68. The van der Waals surface area contributed by atoms with Crippen molar-refractivity contribution in [2.45, 2.75) is 44.6 Å². The van der Waals surface area contributed by atoms with E-state index in [1.54, 1.807) is 6.07 Å². The van der Waals surface area contributed by atoms with E-state index in [9.17, 15) is 4.79 Å². The summed E-state index contributed by atoms with van der Waals surface area (Å²) in [5, 5.41) is 3.36. The van der Waals surface area contributed by atoms with Gasteiger partial charge >= 0.3 is 0 Å². The second-order valence-electron chi connectivity index (χ2n) is 7.24. The fourth-order valence-electron chi connectivity index (χ4n) is 3.59. The summed E-state index contributed by atoms with van der Waals surface area (Å²) in [6.45, 7) is 0.515. The molecule has 1 N–H and O–H groups in total. The van der Waals surface area contributed by atoms with Crippen LogP contribution in [-0.4, -0.2) is 35.6 Å². The van der Waals surface area contributed by atoms with Gasteiger partial charge < -0.3 is 9.64 Å². The Morgan fingerprint density at radius 3 is 2.50 bits per heavy atom. The van der Waals surface area contributed by atoms with Gasteiger partial charge in [-0.2, -0.15) is 0 Å². The number of nitrogens with one attached hydrogen (secondary N) is 1. The first kappa shape index (κ1) is 20.3. The van der Waals surface area contributed by atoms with Gasteiger partial charge in [-0.1, -0.05) is 61.7 Å². The smallest absolute Gasteiger partial charge is 0.261 e. The van der Waals surface area contributed by atoms with E-state index >= 15 is 0 Å². The van der Waals surface area contributed by atoms with Crippen LogP contribution in [-0.2, 0) is 6.42 Å². The molecule has 1 saturated carbocycles. The second kappa shape index (κ2) is 10.2. The van der Waals surface area contributed by atoms with Crippen molar-refractivity contribution >= 4 is 23.2 Å². The summed E-state index contributed by atoms with van der Waals surface area (Å²) in [5.41, 5.74) is 1.72. The predicted molar refractivity (Wildman–Crippen MR) is 117 cm³/mol. The largest absolute Gasteiger partial charge is 0.492 e. The standard InChI is InChI=1S/C23H28N2O2S/c1-25(19-12-6-3-7-13-19)23(28)24-22(26)20-14-8-9-15-21(20)27-17-16-18-10-4-2-5-11-18/h2,4-5,8-11,14-15,19H,3,6-7,12-13,16-17H2,1H3,(H,24,26,28). The zero-order chi connectivity index (χ0) is 19.8. The number of para-hydroxylation sites is 1. The predicted octanol–water partition coefficient (Wildman–Crippen LogP) is 4.59. The maximum Gasteiger partial charge on any atom is 0.261 e. The van der Waals surface area contributed by atoms with Crippen LogP contribution in [0.15, 0.2) is 54.6 Å². The average molecular weight is 397 g/mol. The summed E-state index contributed by atoms with van der Waals surface area (Å²) in [6.07, 6.45) is 6.79. The van der Waals surface area contributed by atoms with Gasteiger partial charge in [0.05, 0.1) is 12.2 Å². The van der Waals surface area contributed by atoms with Gasteiger partial charge in [0.25, 0.3) is 5.91 Å². The van der Waals surface area contributed by atoms with E-state index in [0.717, 1.165) is 19.3 Å². The number of carbonyl (C=O) groups is 1. The van der Waals surface area contributed by atoms with Gasteiger partial charge in [0.1, 0.15) is 5.75 Å². The molecule has 1 aliphatic carbocycles. The van der Waals surface area contributed by atoms with Gasteiger partial charge in [-0.15, -0.1) is 0 Å². The van der Waals surface area contributed by atoms with Crippen molar-refractivity contribution in [2.75, 3.05) is 13.7 Å². The highest BCUT2D eigenvalue weighted by Crippen LogP contribution is 2.22. The van der Waals surface area contributed by atoms with Crippen LogP contribution in [0, 0.1) is 0 Å². The van der Waals surface area contributed by atoms with Crippen LogP contribution in [0.3, 0.4) is 0 Å². The van der Waals surface area contributed by atoms with Gasteiger partial charge in [0.2, 0.25) is 0 Å². The van der Waals surface area contributed by atoms with E-state index in [1.165, 1.54) is 24.8 Å². The summed E-state index contributed by atoms with van der Waals surface area (Å²) in [5.74, 6) is 0.363. The number of hydrogen-bond acceptors (Lipinski definition) is 3. The number of ether oxygens (including phenoxy) is 1. The molecule has 0 heterocycles. The molecule has 2 aromatic rings. The number of nitrogens with zero attached hydrogens (tertiary/aromatic N) is 1. The van der Waals surface area contributed by atoms with Crippen LogP contribution >= 0.6 is 12.2 Å². The molecule has 1 aliphatic rings. The molecule has 0 spiro atoms. The first-order valence-electron chi connectivity index (χ1n) is 9.99. The summed E-state index contributed by atoms with van der Waals surface area (Å²) < 4.78 is 5.90. The molecule has 28 heavy (non-hydrogen) atoms. The molecule has 0 radical (unpaired) electrons. The minimum atomic E-state index is -0.219. The molecule has 1 amide bonds. The highest BCUT2D eigenvalue weighted by molar-refractivity contribution is 7.80. The molecule has 3 rings (SSSR count). The molecule has 5 heteroatoms. The van der Waals surface area contributed by atoms with Crippen LogP contribution in [0.2, 0.25) is 0 Å². The molecule has 2 aromatic carbocycles.